The molecule has 7 atom stereocenters. The number of aliphatic hydroxyl groups excluding tert-OH is 1. The van der Waals surface area contributed by atoms with E-state index in [-0.39, 0.29) is 24.5 Å². The Bertz CT molecular complexity index is 1020. The molecule has 3 fully saturated rings. The second-order valence-electron chi connectivity index (χ2n) is 10.8. The minimum absolute atomic E-state index is 0.0518. The van der Waals surface area contributed by atoms with Crippen molar-refractivity contribution in [3.05, 3.63) is 48.6 Å². The van der Waals surface area contributed by atoms with Gasteiger partial charge >= 0.3 is 5.97 Å². The Morgan fingerprint density at radius 2 is 2.00 bits per heavy atom. The molecule has 0 saturated carbocycles. The van der Waals surface area contributed by atoms with Gasteiger partial charge in [0.1, 0.15) is 6.04 Å². The zero-order chi connectivity index (χ0) is 26.3. The zero-order valence-corrected chi connectivity index (χ0v) is 22.2. The van der Waals surface area contributed by atoms with Crippen molar-refractivity contribution in [2.24, 2.45) is 11.8 Å². The summed E-state index contributed by atoms with van der Waals surface area (Å²) in [5.41, 5.74) is 0.950. The third kappa shape index (κ3) is 4.16. The molecular weight excluding hydrogens is 476 g/mol. The van der Waals surface area contributed by atoms with Gasteiger partial charge in [-0.05, 0) is 45.1 Å². The molecule has 0 radical (unpaired) electrons. The number of rotatable bonds is 11. The van der Waals surface area contributed by atoms with Crippen LogP contribution in [0, 0.1) is 11.8 Å². The lowest BCUT2D eigenvalue weighted by molar-refractivity contribution is -0.151. The summed E-state index contributed by atoms with van der Waals surface area (Å²) >= 11 is 1.53. The molecular formula is C28H38N2O5S. The summed E-state index contributed by atoms with van der Waals surface area (Å²) in [5, 5.41) is 20.7. The van der Waals surface area contributed by atoms with Crippen LogP contribution in [0.2, 0.25) is 0 Å². The minimum atomic E-state index is -0.983. The van der Waals surface area contributed by atoms with E-state index in [4.69, 9.17) is 0 Å². The molecule has 36 heavy (non-hydrogen) atoms. The molecule has 3 saturated heterocycles. The van der Waals surface area contributed by atoms with E-state index in [0.29, 0.717) is 25.8 Å². The van der Waals surface area contributed by atoms with Gasteiger partial charge in [-0.15, -0.1) is 18.3 Å². The monoisotopic (exact) mass is 514 g/mol. The predicted molar refractivity (Wildman–Crippen MR) is 141 cm³/mol. The number of carbonyl (C=O) groups excluding carboxylic acids is 2. The van der Waals surface area contributed by atoms with Gasteiger partial charge < -0.3 is 20.0 Å². The molecule has 2 bridgehead atoms. The fourth-order valence-corrected chi connectivity index (χ4v) is 9.24. The molecule has 196 valence electrons. The van der Waals surface area contributed by atoms with Crippen molar-refractivity contribution < 1.29 is 24.6 Å². The summed E-state index contributed by atoms with van der Waals surface area (Å²) in [6.07, 6.45) is 5.06. The molecule has 1 aromatic carbocycles. The third-order valence-corrected chi connectivity index (χ3v) is 10.5. The number of thioether (sulfide) groups is 1. The number of amides is 2. The molecule has 0 aliphatic carbocycles. The fraction of sp³-hybridized carbons (Fsp3) is 0.607. The summed E-state index contributed by atoms with van der Waals surface area (Å²) in [4.78, 5) is 44.4. The lowest BCUT2D eigenvalue weighted by Gasteiger charge is -2.41. The van der Waals surface area contributed by atoms with E-state index in [1.807, 2.05) is 44.2 Å². The van der Waals surface area contributed by atoms with Crippen LogP contribution >= 0.6 is 11.8 Å². The molecule has 4 rings (SSSR count). The highest BCUT2D eigenvalue weighted by atomic mass is 32.2. The second-order valence-corrected chi connectivity index (χ2v) is 12.7. The van der Waals surface area contributed by atoms with Crippen LogP contribution < -0.4 is 0 Å². The van der Waals surface area contributed by atoms with E-state index >= 15 is 0 Å². The zero-order valence-electron chi connectivity index (χ0n) is 21.4. The Morgan fingerprint density at radius 3 is 2.58 bits per heavy atom. The molecule has 3 unspecified atom stereocenters. The largest absolute Gasteiger partial charge is 0.481 e. The number of nitrogens with zero attached hydrogens (tertiary/aromatic N) is 2. The number of carboxylic acid groups (broad SMARTS) is 1. The van der Waals surface area contributed by atoms with Crippen molar-refractivity contribution in [2.45, 2.75) is 80.5 Å². The number of aliphatic hydroxyl groups is 1. The number of benzene rings is 1. The van der Waals surface area contributed by atoms with Crippen LogP contribution in [0.5, 0.6) is 0 Å². The Kier molecular flexibility index (Phi) is 7.58. The van der Waals surface area contributed by atoms with E-state index in [2.05, 4.69) is 13.5 Å². The maximum Gasteiger partial charge on any atom is 0.308 e. The van der Waals surface area contributed by atoms with Gasteiger partial charge in [-0.2, -0.15) is 0 Å². The lowest BCUT2D eigenvalue weighted by atomic mass is 9.66. The van der Waals surface area contributed by atoms with Gasteiger partial charge in [0.25, 0.3) is 0 Å². The average molecular weight is 515 g/mol. The van der Waals surface area contributed by atoms with Crippen LogP contribution in [0.1, 0.15) is 52.0 Å². The van der Waals surface area contributed by atoms with Crippen molar-refractivity contribution in [1.82, 2.24) is 9.80 Å². The van der Waals surface area contributed by atoms with Crippen LogP contribution in [-0.4, -0.2) is 78.6 Å². The molecule has 1 aromatic rings. The van der Waals surface area contributed by atoms with Crippen LogP contribution in [0.4, 0.5) is 0 Å². The van der Waals surface area contributed by atoms with Crippen molar-refractivity contribution >= 4 is 29.5 Å². The summed E-state index contributed by atoms with van der Waals surface area (Å²) in [5.74, 6) is -3.11. The molecule has 7 nitrogen and oxygen atoms in total. The van der Waals surface area contributed by atoms with Crippen molar-refractivity contribution in [3.63, 3.8) is 0 Å². The molecule has 8 heteroatoms. The Morgan fingerprint density at radius 1 is 1.31 bits per heavy atom. The van der Waals surface area contributed by atoms with Crippen LogP contribution in [0.25, 0.3) is 0 Å². The first kappa shape index (κ1) is 26.7. The Balaban J connectivity index is 1.81. The van der Waals surface area contributed by atoms with E-state index in [1.165, 1.54) is 11.8 Å². The highest BCUT2D eigenvalue weighted by Gasteiger charge is 2.78. The smallest absolute Gasteiger partial charge is 0.308 e. The summed E-state index contributed by atoms with van der Waals surface area (Å²) < 4.78 is -1.41. The van der Waals surface area contributed by atoms with E-state index in [0.717, 1.165) is 18.4 Å². The number of hydrogen-bond donors (Lipinski definition) is 2. The highest BCUT2D eigenvalue weighted by Crippen LogP contribution is 2.71. The number of carbonyl (C=O) groups is 3. The van der Waals surface area contributed by atoms with Gasteiger partial charge in [0.2, 0.25) is 11.8 Å². The van der Waals surface area contributed by atoms with Crippen molar-refractivity contribution in [3.8, 4) is 0 Å². The number of fused-ring (bicyclic) bond motifs is 1. The third-order valence-electron chi connectivity index (χ3n) is 8.48. The van der Waals surface area contributed by atoms with Gasteiger partial charge in [0.05, 0.1) is 29.2 Å². The topological polar surface area (TPSA) is 98.2 Å². The normalized spacial score (nSPS) is 32.3. The van der Waals surface area contributed by atoms with Gasteiger partial charge in [-0.25, -0.2) is 0 Å². The minimum Gasteiger partial charge on any atom is -0.481 e. The summed E-state index contributed by atoms with van der Waals surface area (Å²) in [7, 11) is 0. The van der Waals surface area contributed by atoms with Crippen LogP contribution in [0.3, 0.4) is 0 Å². The molecule has 2 N–H and O–H groups in total. The molecule has 1 spiro atoms. The molecule has 3 aliphatic rings. The first-order valence-corrected chi connectivity index (χ1v) is 13.8. The van der Waals surface area contributed by atoms with Crippen LogP contribution in [0.15, 0.2) is 43.0 Å². The average Bonchev–Trinajstić information content (AvgIpc) is 3.42. The maximum atomic E-state index is 14.4. The highest BCUT2D eigenvalue weighted by molar-refractivity contribution is 8.02. The molecule has 3 heterocycles. The number of likely N-dealkylation sites (tertiary alicyclic amines) is 1. The summed E-state index contributed by atoms with van der Waals surface area (Å²) in [6, 6.07) is 8.09. The standard InChI is InChI=1S/C28H38N2O5S/c1-5-10-18(3)29(15-6-2)25(33)23-28-14-13-27(4,36-28)22(26(34)35)21(28)24(32)30(23)20(17-31)16-19-11-8-7-9-12-19/h6-9,11-12,18,20-23,31H,2,5,10,13-17H2,1,3-4H3,(H,34,35)/t18?,20-,21+,22-,23?,27+,28?/m1/s1. The number of hydrogen-bond acceptors (Lipinski definition) is 5. The summed E-state index contributed by atoms with van der Waals surface area (Å²) in [6.45, 7) is 9.91. The van der Waals surface area contributed by atoms with Gasteiger partial charge in [-0.3, -0.25) is 14.4 Å². The SMILES string of the molecule is C=CCN(C(=O)C1N([C@@H](CO)Cc2ccccc2)C(=O)[C@@H]2[C@H](C(=O)O)[C@]3(C)CCC12S3)C(C)CCC. The second kappa shape index (κ2) is 10.2. The van der Waals surface area contributed by atoms with Crippen LogP contribution in [-0.2, 0) is 20.8 Å². The first-order chi connectivity index (χ1) is 17.1. The predicted octanol–water partition coefficient (Wildman–Crippen LogP) is 3.36. The molecule has 0 aromatic heterocycles. The van der Waals surface area contributed by atoms with E-state index in [9.17, 15) is 24.6 Å². The Hall–Kier alpha value is -2.32. The molecule has 3 aliphatic heterocycles. The van der Waals surface area contributed by atoms with Gasteiger partial charge in [0.15, 0.2) is 0 Å². The lowest BCUT2D eigenvalue weighted by Crippen LogP contribution is -2.59. The van der Waals surface area contributed by atoms with Gasteiger partial charge in [-0.1, -0.05) is 49.8 Å². The first-order valence-electron chi connectivity index (χ1n) is 13.0. The van der Waals surface area contributed by atoms with E-state index < -0.39 is 39.4 Å². The number of carboxylic acids is 1. The maximum absolute atomic E-state index is 14.4. The molecule has 2 amide bonds. The Labute approximate surface area is 217 Å². The van der Waals surface area contributed by atoms with Crippen molar-refractivity contribution in [2.75, 3.05) is 13.2 Å². The quantitative estimate of drug-likeness (QED) is 0.440. The fourth-order valence-electron chi connectivity index (χ4n) is 6.91. The van der Waals surface area contributed by atoms with Gasteiger partial charge in [0, 0.05) is 17.3 Å². The van der Waals surface area contributed by atoms with E-state index in [1.54, 1.807) is 15.9 Å². The number of aliphatic carboxylic acids is 1. The van der Waals surface area contributed by atoms with Crippen molar-refractivity contribution in [1.29, 1.82) is 0 Å².